The van der Waals surface area contributed by atoms with Crippen molar-refractivity contribution in [3.8, 4) is 0 Å². The van der Waals surface area contributed by atoms with Crippen molar-refractivity contribution in [2.24, 2.45) is 0 Å². The van der Waals surface area contributed by atoms with Crippen molar-refractivity contribution in [3.05, 3.63) is 47.7 Å². The molecule has 2 aliphatic rings. The highest BCUT2D eigenvalue weighted by atomic mass is 16.2. The first-order chi connectivity index (χ1) is 14.3. The Bertz CT molecular complexity index is 998. The van der Waals surface area contributed by atoms with E-state index >= 15 is 0 Å². The van der Waals surface area contributed by atoms with Crippen LogP contribution < -0.4 is 5.32 Å². The molecule has 3 aromatic rings. The summed E-state index contributed by atoms with van der Waals surface area (Å²) in [5, 5.41) is 13.0. The SMILES string of the molecule is O=C(NCc1nnc2n1CCCCC2)N1CCC(c2c[nH]c3ccccc23)CC1. The van der Waals surface area contributed by atoms with Gasteiger partial charge in [-0.25, -0.2) is 4.79 Å². The summed E-state index contributed by atoms with van der Waals surface area (Å²) >= 11 is 0. The second kappa shape index (κ2) is 7.89. The van der Waals surface area contributed by atoms with E-state index in [0.717, 1.165) is 57.0 Å². The molecule has 0 unspecified atom stereocenters. The lowest BCUT2D eigenvalue weighted by atomic mass is 9.89. The van der Waals surface area contributed by atoms with E-state index in [2.05, 4.69) is 55.5 Å². The third-order valence-electron chi connectivity index (χ3n) is 6.43. The molecular formula is C22H28N6O. The van der Waals surface area contributed by atoms with Gasteiger partial charge in [-0.15, -0.1) is 10.2 Å². The molecule has 1 saturated heterocycles. The first-order valence-corrected chi connectivity index (χ1v) is 10.8. The number of piperidine rings is 1. The van der Waals surface area contributed by atoms with Crippen molar-refractivity contribution < 1.29 is 4.79 Å². The normalized spacial score (nSPS) is 17.9. The zero-order chi connectivity index (χ0) is 19.6. The number of H-pyrrole nitrogens is 1. The molecule has 2 N–H and O–H groups in total. The average molecular weight is 393 g/mol. The Balaban J connectivity index is 1.17. The van der Waals surface area contributed by atoms with Crippen molar-refractivity contribution in [1.29, 1.82) is 0 Å². The molecule has 0 spiro atoms. The van der Waals surface area contributed by atoms with E-state index in [1.54, 1.807) is 0 Å². The largest absolute Gasteiger partial charge is 0.361 e. The van der Waals surface area contributed by atoms with Gasteiger partial charge in [-0.2, -0.15) is 0 Å². The van der Waals surface area contributed by atoms with Crippen LogP contribution in [0.5, 0.6) is 0 Å². The van der Waals surface area contributed by atoms with Gasteiger partial charge in [-0.1, -0.05) is 24.6 Å². The van der Waals surface area contributed by atoms with Gasteiger partial charge in [-0.05, 0) is 43.2 Å². The summed E-state index contributed by atoms with van der Waals surface area (Å²) in [5.41, 5.74) is 2.57. The first-order valence-electron chi connectivity index (χ1n) is 10.8. The number of aromatic amines is 1. The molecule has 2 amide bonds. The lowest BCUT2D eigenvalue weighted by Gasteiger charge is -2.32. The molecule has 0 saturated carbocycles. The number of benzene rings is 1. The number of amides is 2. The minimum Gasteiger partial charge on any atom is -0.361 e. The third kappa shape index (κ3) is 3.61. The topological polar surface area (TPSA) is 78.8 Å². The smallest absolute Gasteiger partial charge is 0.317 e. The summed E-state index contributed by atoms with van der Waals surface area (Å²) in [6, 6.07) is 8.46. The Morgan fingerprint density at radius 1 is 1.10 bits per heavy atom. The zero-order valence-electron chi connectivity index (χ0n) is 16.7. The number of fused-ring (bicyclic) bond motifs is 2. The molecular weight excluding hydrogens is 364 g/mol. The Labute approximate surface area is 170 Å². The number of carbonyl (C=O) groups is 1. The second-order valence-electron chi connectivity index (χ2n) is 8.20. The van der Waals surface area contributed by atoms with Crippen LogP contribution in [-0.4, -0.2) is 43.8 Å². The van der Waals surface area contributed by atoms with E-state index in [-0.39, 0.29) is 6.03 Å². The quantitative estimate of drug-likeness (QED) is 0.715. The maximum absolute atomic E-state index is 12.7. The van der Waals surface area contributed by atoms with Crippen LogP contribution in [0.1, 0.15) is 55.2 Å². The minimum absolute atomic E-state index is 0.00773. The first kappa shape index (κ1) is 18.2. The summed E-state index contributed by atoms with van der Waals surface area (Å²) in [6.07, 6.45) is 8.69. The number of para-hydroxylation sites is 1. The summed E-state index contributed by atoms with van der Waals surface area (Å²) in [5.74, 6) is 2.44. The second-order valence-corrected chi connectivity index (χ2v) is 8.20. The van der Waals surface area contributed by atoms with Gasteiger partial charge in [-0.3, -0.25) is 0 Å². The van der Waals surface area contributed by atoms with Gasteiger partial charge in [0.15, 0.2) is 5.82 Å². The summed E-state index contributed by atoms with van der Waals surface area (Å²) in [7, 11) is 0. The van der Waals surface area contributed by atoms with Gasteiger partial charge in [0, 0.05) is 43.2 Å². The van der Waals surface area contributed by atoms with E-state index in [1.807, 2.05) is 4.90 Å². The molecule has 0 atom stereocenters. The van der Waals surface area contributed by atoms with E-state index in [4.69, 9.17) is 0 Å². The standard InChI is InChI=1S/C22H28N6O/c29-22(24-15-21-26-25-20-8-2-1-5-11-28(20)21)27-12-9-16(10-13-27)18-14-23-19-7-4-3-6-17(18)19/h3-4,6-7,14,16,23H,1-2,5,8-13,15H2,(H,24,29). The predicted molar refractivity (Wildman–Crippen MR) is 112 cm³/mol. The lowest BCUT2D eigenvalue weighted by Crippen LogP contribution is -2.44. The number of rotatable bonds is 3. The maximum atomic E-state index is 12.7. The van der Waals surface area contributed by atoms with Crippen molar-refractivity contribution in [2.75, 3.05) is 13.1 Å². The van der Waals surface area contributed by atoms with Crippen LogP contribution in [0.25, 0.3) is 10.9 Å². The molecule has 1 fully saturated rings. The van der Waals surface area contributed by atoms with Crippen LogP contribution in [0.15, 0.2) is 30.5 Å². The molecule has 0 aliphatic carbocycles. The highest BCUT2D eigenvalue weighted by Gasteiger charge is 2.25. The Morgan fingerprint density at radius 3 is 2.86 bits per heavy atom. The van der Waals surface area contributed by atoms with Crippen LogP contribution in [0.3, 0.4) is 0 Å². The number of nitrogens with zero attached hydrogens (tertiary/aromatic N) is 4. The molecule has 0 bridgehead atoms. The molecule has 5 rings (SSSR count). The molecule has 152 valence electrons. The molecule has 0 radical (unpaired) electrons. The minimum atomic E-state index is 0.00773. The van der Waals surface area contributed by atoms with Crippen LogP contribution in [-0.2, 0) is 19.5 Å². The molecule has 4 heterocycles. The Hall–Kier alpha value is -2.83. The molecule has 7 heteroatoms. The van der Waals surface area contributed by atoms with Crippen LogP contribution in [0.2, 0.25) is 0 Å². The highest BCUT2D eigenvalue weighted by molar-refractivity contribution is 5.83. The van der Waals surface area contributed by atoms with Crippen LogP contribution in [0.4, 0.5) is 4.79 Å². The van der Waals surface area contributed by atoms with Crippen LogP contribution >= 0.6 is 0 Å². The lowest BCUT2D eigenvalue weighted by molar-refractivity contribution is 0.180. The van der Waals surface area contributed by atoms with Crippen molar-refractivity contribution in [3.63, 3.8) is 0 Å². The Morgan fingerprint density at radius 2 is 1.97 bits per heavy atom. The number of hydrogen-bond acceptors (Lipinski definition) is 3. The number of urea groups is 1. The zero-order valence-corrected chi connectivity index (χ0v) is 16.7. The van der Waals surface area contributed by atoms with Crippen molar-refractivity contribution in [2.45, 2.75) is 57.5 Å². The van der Waals surface area contributed by atoms with E-state index < -0.39 is 0 Å². The van der Waals surface area contributed by atoms with Gasteiger partial charge in [0.1, 0.15) is 5.82 Å². The molecule has 2 aliphatic heterocycles. The number of hydrogen-bond donors (Lipinski definition) is 2. The number of carbonyl (C=O) groups excluding carboxylic acids is 1. The maximum Gasteiger partial charge on any atom is 0.317 e. The highest BCUT2D eigenvalue weighted by Crippen LogP contribution is 2.33. The summed E-state index contributed by atoms with van der Waals surface area (Å²) < 4.78 is 2.19. The fraction of sp³-hybridized carbons (Fsp3) is 0.500. The molecule has 29 heavy (non-hydrogen) atoms. The van der Waals surface area contributed by atoms with Gasteiger partial charge in [0.2, 0.25) is 0 Å². The number of aryl methyl sites for hydroxylation is 1. The fourth-order valence-electron chi connectivity index (χ4n) is 4.77. The van der Waals surface area contributed by atoms with Crippen molar-refractivity contribution >= 4 is 16.9 Å². The van der Waals surface area contributed by atoms with Gasteiger partial charge < -0.3 is 19.8 Å². The van der Waals surface area contributed by atoms with Crippen molar-refractivity contribution in [1.82, 2.24) is 30.0 Å². The number of likely N-dealkylation sites (tertiary alicyclic amines) is 1. The van der Waals surface area contributed by atoms with E-state index in [9.17, 15) is 4.79 Å². The molecule has 2 aromatic heterocycles. The Kier molecular flexibility index (Phi) is 4.96. The molecule has 1 aromatic carbocycles. The number of aromatic nitrogens is 4. The van der Waals surface area contributed by atoms with Gasteiger partial charge in [0.05, 0.1) is 6.54 Å². The van der Waals surface area contributed by atoms with E-state index in [1.165, 1.54) is 29.3 Å². The summed E-state index contributed by atoms with van der Waals surface area (Å²) in [4.78, 5) is 18.0. The van der Waals surface area contributed by atoms with Crippen LogP contribution in [0, 0.1) is 0 Å². The van der Waals surface area contributed by atoms with Gasteiger partial charge in [0.25, 0.3) is 0 Å². The predicted octanol–water partition coefficient (Wildman–Crippen LogP) is 3.58. The average Bonchev–Trinajstić information content (AvgIpc) is 3.29. The van der Waals surface area contributed by atoms with Gasteiger partial charge >= 0.3 is 6.03 Å². The summed E-state index contributed by atoms with van der Waals surface area (Å²) in [6.45, 7) is 2.99. The molecule has 7 nitrogen and oxygen atoms in total. The third-order valence-corrected chi connectivity index (χ3v) is 6.43. The fourth-order valence-corrected chi connectivity index (χ4v) is 4.77. The number of nitrogens with one attached hydrogen (secondary N) is 2. The monoisotopic (exact) mass is 392 g/mol. The van der Waals surface area contributed by atoms with E-state index in [0.29, 0.717) is 12.5 Å².